The van der Waals surface area contributed by atoms with Gasteiger partial charge in [-0.2, -0.15) is 8.42 Å². The molecule has 9 heteroatoms. The van der Waals surface area contributed by atoms with Gasteiger partial charge in [-0.25, -0.2) is 0 Å². The van der Waals surface area contributed by atoms with Gasteiger partial charge in [0.25, 0.3) is 10.1 Å². The first-order valence-electron chi connectivity index (χ1n) is 6.56. The van der Waals surface area contributed by atoms with Gasteiger partial charge in [-0.1, -0.05) is 17.7 Å². The van der Waals surface area contributed by atoms with Crippen molar-refractivity contribution in [3.63, 3.8) is 0 Å². The van der Waals surface area contributed by atoms with E-state index in [4.69, 9.17) is 8.92 Å². The minimum absolute atomic E-state index is 0.0652. The van der Waals surface area contributed by atoms with E-state index < -0.39 is 47.4 Å². The van der Waals surface area contributed by atoms with Crippen LogP contribution in [0.15, 0.2) is 29.2 Å². The van der Waals surface area contributed by atoms with Crippen molar-refractivity contribution < 1.29 is 37.8 Å². The fourth-order valence-electron chi connectivity index (χ4n) is 2.00. The average molecular weight is 334 g/mol. The number of benzene rings is 1. The lowest BCUT2D eigenvalue weighted by molar-refractivity contribution is -0.285. The van der Waals surface area contributed by atoms with Gasteiger partial charge in [0.2, 0.25) is 0 Å². The molecule has 0 amide bonds. The zero-order valence-electron chi connectivity index (χ0n) is 11.7. The first-order chi connectivity index (χ1) is 10.2. The van der Waals surface area contributed by atoms with Crippen LogP contribution < -0.4 is 0 Å². The highest BCUT2D eigenvalue weighted by Crippen LogP contribution is 2.21. The fourth-order valence-corrected chi connectivity index (χ4v) is 2.92. The molecular formula is C13H18O8S. The topological polar surface area (TPSA) is 134 Å². The van der Waals surface area contributed by atoms with E-state index in [9.17, 15) is 28.8 Å². The largest absolute Gasteiger partial charge is 0.387 e. The number of aryl methyl sites for hydroxylation is 1. The second-order valence-corrected chi connectivity index (χ2v) is 6.70. The van der Waals surface area contributed by atoms with Gasteiger partial charge in [-0.3, -0.25) is 4.18 Å². The number of hydrogen-bond acceptors (Lipinski definition) is 8. The third-order valence-electron chi connectivity index (χ3n) is 3.38. The van der Waals surface area contributed by atoms with Gasteiger partial charge in [-0.05, 0) is 19.1 Å². The Morgan fingerprint density at radius 1 is 1.05 bits per heavy atom. The Bertz CT molecular complexity index is 599. The zero-order chi connectivity index (χ0) is 16.5. The van der Waals surface area contributed by atoms with E-state index in [1.54, 1.807) is 19.1 Å². The van der Waals surface area contributed by atoms with Crippen LogP contribution in [0.3, 0.4) is 0 Å². The molecule has 0 bridgehead atoms. The van der Waals surface area contributed by atoms with Gasteiger partial charge >= 0.3 is 0 Å². The van der Waals surface area contributed by atoms with E-state index in [0.717, 1.165) is 5.56 Å². The second kappa shape index (κ2) is 6.59. The van der Waals surface area contributed by atoms with Crippen LogP contribution in [0.4, 0.5) is 0 Å². The van der Waals surface area contributed by atoms with Crippen molar-refractivity contribution in [3.05, 3.63) is 29.8 Å². The van der Waals surface area contributed by atoms with Crippen molar-refractivity contribution in [3.8, 4) is 0 Å². The summed E-state index contributed by atoms with van der Waals surface area (Å²) >= 11 is 0. The van der Waals surface area contributed by atoms with E-state index in [0.29, 0.717) is 0 Å². The summed E-state index contributed by atoms with van der Waals surface area (Å²) in [5.41, 5.74) is 0.880. The van der Waals surface area contributed by atoms with E-state index in [1.165, 1.54) is 12.1 Å². The summed E-state index contributed by atoms with van der Waals surface area (Å²) in [4.78, 5) is -0.0652. The quantitative estimate of drug-likeness (QED) is 0.489. The molecule has 1 aliphatic rings. The van der Waals surface area contributed by atoms with Crippen molar-refractivity contribution in [1.29, 1.82) is 0 Å². The van der Waals surface area contributed by atoms with E-state index >= 15 is 0 Å². The highest BCUT2D eigenvalue weighted by Gasteiger charge is 2.43. The molecule has 1 aromatic rings. The third kappa shape index (κ3) is 3.63. The molecule has 1 heterocycles. The lowest BCUT2D eigenvalue weighted by atomic mass is 10.00. The van der Waals surface area contributed by atoms with Crippen LogP contribution in [0.25, 0.3) is 0 Å². The molecule has 5 atom stereocenters. The van der Waals surface area contributed by atoms with E-state index in [2.05, 4.69) is 0 Å². The highest BCUT2D eigenvalue weighted by atomic mass is 32.2. The van der Waals surface area contributed by atoms with Crippen LogP contribution in [0.5, 0.6) is 0 Å². The number of hydrogen-bond donors (Lipinski definition) is 4. The molecule has 22 heavy (non-hydrogen) atoms. The molecule has 1 aliphatic heterocycles. The Balaban J connectivity index is 2.04. The first kappa shape index (κ1) is 17.3. The molecule has 0 spiro atoms. The van der Waals surface area contributed by atoms with Crippen LogP contribution in [-0.2, 0) is 19.0 Å². The number of rotatable bonds is 4. The minimum atomic E-state index is -4.07. The summed E-state index contributed by atoms with van der Waals surface area (Å²) in [6, 6.07) is 5.95. The lowest BCUT2D eigenvalue weighted by Crippen LogP contribution is -2.58. The molecule has 1 saturated heterocycles. The van der Waals surface area contributed by atoms with Gasteiger partial charge < -0.3 is 25.2 Å². The normalized spacial score (nSPS) is 32.9. The SMILES string of the molecule is Cc1ccc(S(=O)(=O)OCC2OC(O)[C@H](O)[C@@H](O)[C@H]2O)cc1. The summed E-state index contributed by atoms with van der Waals surface area (Å²) in [6.07, 6.45) is -7.98. The highest BCUT2D eigenvalue weighted by molar-refractivity contribution is 7.86. The molecule has 124 valence electrons. The third-order valence-corrected chi connectivity index (χ3v) is 4.68. The van der Waals surface area contributed by atoms with Crippen molar-refractivity contribution >= 4 is 10.1 Å². The van der Waals surface area contributed by atoms with Crippen LogP contribution in [0.1, 0.15) is 5.56 Å². The van der Waals surface area contributed by atoms with E-state index in [1.807, 2.05) is 0 Å². The molecule has 0 saturated carbocycles. The number of aliphatic hydroxyl groups excluding tert-OH is 4. The van der Waals surface area contributed by atoms with Crippen molar-refractivity contribution in [2.75, 3.05) is 6.61 Å². The Hall–Kier alpha value is -1.07. The van der Waals surface area contributed by atoms with Gasteiger partial charge in [0.1, 0.15) is 24.4 Å². The summed E-state index contributed by atoms with van der Waals surface area (Å²) in [6.45, 7) is 1.19. The lowest BCUT2D eigenvalue weighted by Gasteiger charge is -2.37. The van der Waals surface area contributed by atoms with Gasteiger partial charge in [0, 0.05) is 0 Å². The molecule has 0 aromatic heterocycles. The van der Waals surface area contributed by atoms with Crippen molar-refractivity contribution in [2.24, 2.45) is 0 Å². The number of aliphatic hydroxyl groups is 4. The first-order valence-corrected chi connectivity index (χ1v) is 7.97. The Morgan fingerprint density at radius 3 is 2.23 bits per heavy atom. The smallest absolute Gasteiger partial charge is 0.297 e. The summed E-state index contributed by atoms with van der Waals surface area (Å²) < 4.78 is 33.6. The standard InChI is InChI=1S/C13H18O8S/c1-7-2-4-8(5-3-7)22(18,19)20-6-9-10(14)11(15)12(16)13(17)21-9/h2-5,9-17H,6H2,1H3/t9?,10-,11-,12+,13?/m0/s1. The maximum atomic E-state index is 12.0. The molecule has 4 N–H and O–H groups in total. The van der Waals surface area contributed by atoms with Crippen LogP contribution in [-0.4, -0.2) is 66.2 Å². The molecular weight excluding hydrogens is 316 g/mol. The minimum Gasteiger partial charge on any atom is -0.387 e. The van der Waals surface area contributed by atoms with Crippen LogP contribution in [0, 0.1) is 6.92 Å². The maximum Gasteiger partial charge on any atom is 0.297 e. The summed E-state index contributed by atoms with van der Waals surface area (Å²) in [5, 5.41) is 37.9. The molecule has 1 aromatic carbocycles. The second-order valence-electron chi connectivity index (χ2n) is 5.09. The number of ether oxygens (including phenoxy) is 1. The Morgan fingerprint density at radius 2 is 1.64 bits per heavy atom. The van der Waals surface area contributed by atoms with Gasteiger partial charge in [-0.15, -0.1) is 0 Å². The predicted octanol–water partition coefficient (Wildman–Crippen LogP) is -1.50. The van der Waals surface area contributed by atoms with E-state index in [-0.39, 0.29) is 4.90 Å². The van der Waals surface area contributed by atoms with Crippen LogP contribution >= 0.6 is 0 Å². The average Bonchev–Trinajstić information content (AvgIpc) is 2.48. The Labute approximate surface area is 127 Å². The molecule has 2 unspecified atom stereocenters. The fraction of sp³-hybridized carbons (Fsp3) is 0.538. The molecule has 0 radical (unpaired) electrons. The van der Waals surface area contributed by atoms with Crippen LogP contribution in [0.2, 0.25) is 0 Å². The molecule has 2 rings (SSSR count). The zero-order valence-corrected chi connectivity index (χ0v) is 12.5. The summed E-state index contributed by atoms with van der Waals surface area (Å²) in [7, 11) is -4.07. The maximum absolute atomic E-state index is 12.0. The van der Waals surface area contributed by atoms with Crippen molar-refractivity contribution in [2.45, 2.75) is 42.5 Å². The predicted molar refractivity (Wildman–Crippen MR) is 73.2 cm³/mol. The molecule has 8 nitrogen and oxygen atoms in total. The monoisotopic (exact) mass is 334 g/mol. The molecule has 0 aliphatic carbocycles. The summed E-state index contributed by atoms with van der Waals surface area (Å²) in [5.74, 6) is 0. The van der Waals surface area contributed by atoms with Gasteiger partial charge in [0.15, 0.2) is 6.29 Å². The Kier molecular flexibility index (Phi) is 5.17. The molecule has 1 fully saturated rings. The van der Waals surface area contributed by atoms with Crippen molar-refractivity contribution in [1.82, 2.24) is 0 Å². The van der Waals surface area contributed by atoms with Gasteiger partial charge in [0.05, 0.1) is 11.5 Å².